The zero-order valence-corrected chi connectivity index (χ0v) is 13.3. The van der Waals surface area contributed by atoms with Crippen LogP contribution in [-0.2, 0) is 0 Å². The van der Waals surface area contributed by atoms with Crippen LogP contribution in [0.25, 0.3) is 0 Å². The molecule has 1 N–H and O–H groups in total. The second-order valence-corrected chi connectivity index (χ2v) is 6.33. The maximum atomic E-state index is 3.70. The lowest BCUT2D eigenvalue weighted by atomic mass is 9.98. The Morgan fingerprint density at radius 1 is 1.10 bits per heavy atom. The van der Waals surface area contributed by atoms with Gasteiger partial charge in [-0.05, 0) is 42.0 Å². The highest BCUT2D eigenvalue weighted by atomic mass is 79.9. The van der Waals surface area contributed by atoms with E-state index in [2.05, 4.69) is 82.8 Å². The van der Waals surface area contributed by atoms with Crippen LogP contribution in [0.5, 0.6) is 0 Å². The van der Waals surface area contributed by atoms with Crippen LogP contribution in [0.1, 0.15) is 36.4 Å². The second-order valence-electron chi connectivity index (χ2n) is 5.47. The Balaban J connectivity index is 1.82. The van der Waals surface area contributed by atoms with Crippen molar-refractivity contribution in [2.45, 2.75) is 25.3 Å². The Labute approximate surface area is 129 Å². The Bertz CT molecular complexity index is 567. The van der Waals surface area contributed by atoms with Crippen LogP contribution in [0.3, 0.4) is 0 Å². The van der Waals surface area contributed by atoms with E-state index >= 15 is 0 Å². The molecule has 2 aromatic carbocycles. The van der Waals surface area contributed by atoms with Gasteiger partial charge in [0.15, 0.2) is 0 Å². The van der Waals surface area contributed by atoms with Crippen LogP contribution in [0.15, 0.2) is 59.1 Å². The molecule has 1 fully saturated rings. The molecule has 2 aromatic rings. The van der Waals surface area contributed by atoms with E-state index in [1.54, 1.807) is 0 Å². The molecule has 3 unspecified atom stereocenters. The minimum atomic E-state index is 0.445. The molecule has 0 heterocycles. The van der Waals surface area contributed by atoms with E-state index in [9.17, 15) is 0 Å². The lowest BCUT2D eigenvalue weighted by Gasteiger charge is -2.20. The number of halogens is 1. The van der Waals surface area contributed by atoms with Gasteiger partial charge in [0.2, 0.25) is 0 Å². The molecule has 1 aliphatic carbocycles. The van der Waals surface area contributed by atoms with E-state index in [1.165, 1.54) is 22.0 Å². The molecule has 0 aliphatic heterocycles. The maximum absolute atomic E-state index is 3.70. The fourth-order valence-electron chi connectivity index (χ4n) is 3.11. The molecule has 0 radical (unpaired) electrons. The van der Waals surface area contributed by atoms with Gasteiger partial charge < -0.3 is 5.32 Å². The average Bonchev–Trinajstić information content (AvgIpc) is 3.27. The van der Waals surface area contributed by atoms with Crippen molar-refractivity contribution in [3.05, 3.63) is 70.2 Å². The lowest BCUT2D eigenvalue weighted by Crippen LogP contribution is -2.23. The monoisotopic (exact) mass is 329 g/mol. The fourth-order valence-corrected chi connectivity index (χ4v) is 3.64. The molecular formula is C18H20BrN. The van der Waals surface area contributed by atoms with Crippen LogP contribution in [0, 0.1) is 5.92 Å². The summed E-state index contributed by atoms with van der Waals surface area (Å²) < 4.78 is 1.21. The summed E-state index contributed by atoms with van der Waals surface area (Å²) in [7, 11) is 0. The van der Waals surface area contributed by atoms with Gasteiger partial charge in [-0.25, -0.2) is 0 Å². The summed E-state index contributed by atoms with van der Waals surface area (Å²) in [5, 5.41) is 3.67. The number of hydrogen-bond acceptors (Lipinski definition) is 1. The van der Waals surface area contributed by atoms with E-state index < -0.39 is 0 Å². The molecule has 0 spiro atoms. The number of nitrogens with one attached hydrogen (secondary N) is 1. The highest BCUT2D eigenvalue weighted by Gasteiger charge is 2.44. The van der Waals surface area contributed by atoms with Crippen molar-refractivity contribution >= 4 is 15.9 Å². The minimum Gasteiger partial charge on any atom is -0.310 e. The van der Waals surface area contributed by atoms with Gasteiger partial charge in [-0.1, -0.05) is 71.4 Å². The summed E-state index contributed by atoms with van der Waals surface area (Å²) in [6, 6.07) is 19.9. The third kappa shape index (κ3) is 2.82. The summed E-state index contributed by atoms with van der Waals surface area (Å²) in [5.41, 5.74) is 2.87. The van der Waals surface area contributed by atoms with Crippen molar-refractivity contribution in [3.8, 4) is 0 Å². The number of hydrogen-bond donors (Lipinski definition) is 1. The topological polar surface area (TPSA) is 12.0 Å². The Morgan fingerprint density at radius 2 is 1.80 bits per heavy atom. The molecule has 1 saturated carbocycles. The first kappa shape index (κ1) is 13.8. The van der Waals surface area contributed by atoms with Crippen molar-refractivity contribution in [2.75, 3.05) is 6.54 Å². The van der Waals surface area contributed by atoms with Gasteiger partial charge in [0, 0.05) is 10.5 Å². The molecule has 1 aliphatic rings. The molecule has 3 rings (SSSR count). The van der Waals surface area contributed by atoms with Gasteiger partial charge in [-0.3, -0.25) is 0 Å². The fraction of sp³-hybridized carbons (Fsp3) is 0.333. The average molecular weight is 330 g/mol. The molecule has 104 valence electrons. The third-order valence-corrected chi connectivity index (χ3v) is 4.88. The Kier molecular flexibility index (Phi) is 4.23. The van der Waals surface area contributed by atoms with Gasteiger partial charge in [-0.15, -0.1) is 0 Å². The van der Waals surface area contributed by atoms with E-state index in [1.807, 2.05) is 0 Å². The third-order valence-electron chi connectivity index (χ3n) is 4.16. The van der Waals surface area contributed by atoms with E-state index in [4.69, 9.17) is 0 Å². The molecule has 2 heteroatoms. The SMILES string of the molecule is CCNC(c1ccccc1Br)C1CC1c1ccccc1. The van der Waals surface area contributed by atoms with Crippen molar-refractivity contribution in [1.82, 2.24) is 5.32 Å². The van der Waals surface area contributed by atoms with Gasteiger partial charge >= 0.3 is 0 Å². The highest BCUT2D eigenvalue weighted by molar-refractivity contribution is 9.10. The van der Waals surface area contributed by atoms with Crippen molar-refractivity contribution < 1.29 is 0 Å². The molecule has 0 saturated heterocycles. The van der Waals surface area contributed by atoms with Crippen LogP contribution >= 0.6 is 15.9 Å². The number of benzene rings is 2. The van der Waals surface area contributed by atoms with Crippen LogP contribution in [0.4, 0.5) is 0 Å². The van der Waals surface area contributed by atoms with E-state index in [-0.39, 0.29) is 0 Å². The quantitative estimate of drug-likeness (QED) is 0.822. The van der Waals surface area contributed by atoms with Crippen molar-refractivity contribution in [3.63, 3.8) is 0 Å². The highest BCUT2D eigenvalue weighted by Crippen LogP contribution is 2.54. The molecule has 0 bridgehead atoms. The van der Waals surface area contributed by atoms with Crippen molar-refractivity contribution in [2.24, 2.45) is 5.92 Å². The maximum Gasteiger partial charge on any atom is 0.0365 e. The molecule has 1 nitrogen and oxygen atoms in total. The van der Waals surface area contributed by atoms with Crippen molar-refractivity contribution in [1.29, 1.82) is 0 Å². The molecular weight excluding hydrogens is 310 g/mol. The zero-order chi connectivity index (χ0) is 13.9. The molecule has 0 amide bonds. The van der Waals surface area contributed by atoms with Gasteiger partial charge in [0.05, 0.1) is 0 Å². The minimum absolute atomic E-state index is 0.445. The van der Waals surface area contributed by atoms with Gasteiger partial charge in [0.25, 0.3) is 0 Å². The normalized spacial score (nSPS) is 22.5. The molecule has 3 atom stereocenters. The number of rotatable bonds is 5. The van der Waals surface area contributed by atoms with Crippen LogP contribution in [0.2, 0.25) is 0 Å². The first-order valence-electron chi connectivity index (χ1n) is 7.34. The summed E-state index contributed by atoms with van der Waals surface area (Å²) in [4.78, 5) is 0. The summed E-state index contributed by atoms with van der Waals surface area (Å²) in [6.07, 6.45) is 1.28. The largest absolute Gasteiger partial charge is 0.310 e. The van der Waals surface area contributed by atoms with Crippen LogP contribution in [-0.4, -0.2) is 6.54 Å². The predicted octanol–water partition coefficient (Wildman–Crippen LogP) is 4.90. The van der Waals surface area contributed by atoms with E-state index in [0.29, 0.717) is 17.9 Å². The standard InChI is InChI=1S/C18H20BrN/c1-2-20-18(14-10-6-7-11-17(14)19)16-12-15(16)13-8-4-3-5-9-13/h3-11,15-16,18,20H,2,12H2,1H3. The predicted molar refractivity (Wildman–Crippen MR) is 87.8 cm³/mol. The molecule has 0 aromatic heterocycles. The first-order valence-corrected chi connectivity index (χ1v) is 8.13. The first-order chi connectivity index (χ1) is 9.81. The van der Waals surface area contributed by atoms with Crippen LogP contribution < -0.4 is 5.32 Å². The smallest absolute Gasteiger partial charge is 0.0365 e. The summed E-state index contributed by atoms with van der Waals surface area (Å²) in [5.74, 6) is 1.41. The Hall–Kier alpha value is -1.12. The van der Waals surface area contributed by atoms with Gasteiger partial charge in [-0.2, -0.15) is 0 Å². The Morgan fingerprint density at radius 3 is 2.50 bits per heavy atom. The zero-order valence-electron chi connectivity index (χ0n) is 11.7. The second kappa shape index (κ2) is 6.11. The van der Waals surface area contributed by atoms with Gasteiger partial charge in [0.1, 0.15) is 0 Å². The van der Waals surface area contributed by atoms with E-state index in [0.717, 1.165) is 6.54 Å². The molecule has 20 heavy (non-hydrogen) atoms. The lowest BCUT2D eigenvalue weighted by molar-refractivity contribution is 0.485. The summed E-state index contributed by atoms with van der Waals surface area (Å²) in [6.45, 7) is 3.19. The summed E-state index contributed by atoms with van der Waals surface area (Å²) >= 11 is 3.70.